The SMILES string of the molecule is C=CC(=O)Oc1ccc2cc(C(=O)O[C@@H](c3ccnc4ccccc34)[C@@H]3CC4CCN3C[C@@H]4C=C)ccc2c1. The van der Waals surface area contributed by atoms with E-state index < -0.39 is 12.1 Å². The average molecular weight is 519 g/mol. The standard InChI is InChI=1S/C33H30N2O4/c1-3-21-20-35-16-14-24(21)19-30(35)32(28-13-15-34-29-8-6-5-7-27(28)29)39-33(37)25-10-9-23-18-26(38-31(36)4-2)12-11-22(23)17-25/h3-13,15,17-18,21,24,30,32H,1-2,14,16,19-20H2/t21-,24?,30-,32-/m0/s1. The number of carbonyl (C=O) groups excluding carboxylic acids is 2. The zero-order valence-electron chi connectivity index (χ0n) is 21.7. The van der Waals surface area contributed by atoms with Crippen LogP contribution in [0.3, 0.4) is 0 Å². The van der Waals surface area contributed by atoms with Crippen LogP contribution in [0.25, 0.3) is 21.7 Å². The number of rotatable bonds is 7. The molecule has 3 aromatic carbocycles. The van der Waals surface area contributed by atoms with Gasteiger partial charge >= 0.3 is 11.9 Å². The Kier molecular flexibility index (Phi) is 6.71. The molecule has 4 heterocycles. The number of pyridine rings is 1. The third kappa shape index (κ3) is 4.84. The molecular weight excluding hydrogens is 488 g/mol. The van der Waals surface area contributed by atoms with E-state index in [1.165, 1.54) is 0 Å². The van der Waals surface area contributed by atoms with Gasteiger partial charge < -0.3 is 9.47 Å². The summed E-state index contributed by atoms with van der Waals surface area (Å²) in [7, 11) is 0. The first-order valence-corrected chi connectivity index (χ1v) is 13.3. The van der Waals surface area contributed by atoms with Gasteiger partial charge in [0.1, 0.15) is 11.9 Å². The molecule has 4 aromatic rings. The number of hydrogen-bond donors (Lipinski definition) is 0. The van der Waals surface area contributed by atoms with E-state index in [0.29, 0.717) is 23.1 Å². The summed E-state index contributed by atoms with van der Waals surface area (Å²) in [6, 6.07) is 20.8. The number of ether oxygens (including phenoxy) is 2. The summed E-state index contributed by atoms with van der Waals surface area (Å²) in [5, 5.41) is 2.70. The normalized spacial score (nSPS) is 22.8. The maximum atomic E-state index is 13.7. The fourth-order valence-corrected chi connectivity index (χ4v) is 6.16. The van der Waals surface area contributed by atoms with Gasteiger partial charge in [0.2, 0.25) is 0 Å². The smallest absolute Gasteiger partial charge is 0.338 e. The molecular formula is C33H30N2O4. The molecule has 0 N–H and O–H groups in total. The van der Waals surface area contributed by atoms with Gasteiger partial charge in [-0.1, -0.05) is 43.0 Å². The number of benzene rings is 3. The first kappa shape index (κ1) is 25.0. The molecule has 39 heavy (non-hydrogen) atoms. The molecule has 3 saturated heterocycles. The van der Waals surface area contributed by atoms with Crippen LogP contribution in [0.5, 0.6) is 5.75 Å². The minimum absolute atomic E-state index is 0.0808. The molecule has 0 spiro atoms. The van der Waals surface area contributed by atoms with E-state index in [9.17, 15) is 9.59 Å². The number of para-hydroxylation sites is 1. The molecule has 3 aliphatic heterocycles. The van der Waals surface area contributed by atoms with E-state index in [4.69, 9.17) is 9.47 Å². The second-order valence-electron chi connectivity index (χ2n) is 10.3. The van der Waals surface area contributed by atoms with Gasteiger partial charge in [-0.05, 0) is 78.4 Å². The Morgan fingerprint density at radius 1 is 1.03 bits per heavy atom. The fourth-order valence-electron chi connectivity index (χ4n) is 6.16. The number of hydrogen-bond acceptors (Lipinski definition) is 6. The van der Waals surface area contributed by atoms with Crippen molar-refractivity contribution in [2.24, 2.45) is 11.8 Å². The van der Waals surface area contributed by atoms with Crippen molar-refractivity contribution in [2.45, 2.75) is 25.0 Å². The Balaban J connectivity index is 1.33. The molecule has 0 aliphatic carbocycles. The lowest BCUT2D eigenvalue weighted by Gasteiger charge is -2.51. The van der Waals surface area contributed by atoms with E-state index in [-0.39, 0.29) is 12.0 Å². The highest BCUT2D eigenvalue weighted by molar-refractivity contribution is 5.96. The minimum Gasteiger partial charge on any atom is -0.452 e. The summed E-state index contributed by atoms with van der Waals surface area (Å²) in [6.45, 7) is 9.42. The van der Waals surface area contributed by atoms with Crippen LogP contribution < -0.4 is 4.74 Å². The lowest BCUT2D eigenvalue weighted by Crippen LogP contribution is -2.55. The fraction of sp³-hybridized carbons (Fsp3) is 0.242. The molecule has 196 valence electrons. The lowest BCUT2D eigenvalue weighted by molar-refractivity contribution is -0.128. The molecule has 3 fully saturated rings. The molecule has 5 atom stereocenters. The Hall–Kier alpha value is -4.29. The van der Waals surface area contributed by atoms with Crippen molar-refractivity contribution >= 4 is 33.6 Å². The first-order chi connectivity index (χ1) is 19.0. The van der Waals surface area contributed by atoms with E-state index in [0.717, 1.165) is 59.2 Å². The molecule has 7 rings (SSSR count). The average Bonchev–Trinajstić information content (AvgIpc) is 2.99. The van der Waals surface area contributed by atoms with Gasteiger partial charge in [0, 0.05) is 29.8 Å². The number of carbonyl (C=O) groups is 2. The van der Waals surface area contributed by atoms with Crippen molar-refractivity contribution in [2.75, 3.05) is 13.1 Å². The number of fused-ring (bicyclic) bond motifs is 5. The van der Waals surface area contributed by atoms with Crippen molar-refractivity contribution in [3.8, 4) is 5.75 Å². The van der Waals surface area contributed by atoms with Crippen molar-refractivity contribution in [3.63, 3.8) is 0 Å². The third-order valence-corrected chi connectivity index (χ3v) is 8.16. The zero-order valence-corrected chi connectivity index (χ0v) is 21.7. The second-order valence-corrected chi connectivity index (χ2v) is 10.3. The molecule has 3 aliphatic rings. The van der Waals surface area contributed by atoms with Crippen LogP contribution in [0.2, 0.25) is 0 Å². The summed E-state index contributed by atoms with van der Waals surface area (Å²) in [6.07, 6.45) is 6.66. The Morgan fingerprint density at radius 2 is 1.85 bits per heavy atom. The molecule has 0 radical (unpaired) electrons. The largest absolute Gasteiger partial charge is 0.452 e. The van der Waals surface area contributed by atoms with Crippen molar-refractivity contribution in [1.82, 2.24) is 9.88 Å². The van der Waals surface area contributed by atoms with Crippen LogP contribution in [0.1, 0.15) is 34.9 Å². The number of piperidine rings is 3. The summed E-state index contributed by atoms with van der Waals surface area (Å²) in [5.41, 5.74) is 2.34. The van der Waals surface area contributed by atoms with E-state index in [1.54, 1.807) is 24.4 Å². The Bertz CT molecular complexity index is 1590. The van der Waals surface area contributed by atoms with Crippen LogP contribution in [0.15, 0.2) is 98.2 Å². The summed E-state index contributed by atoms with van der Waals surface area (Å²) in [4.78, 5) is 32.2. The quantitative estimate of drug-likeness (QED) is 0.124. The summed E-state index contributed by atoms with van der Waals surface area (Å²) in [5.74, 6) is 0.545. The highest BCUT2D eigenvalue weighted by Crippen LogP contribution is 2.43. The van der Waals surface area contributed by atoms with Crippen molar-refractivity contribution < 1.29 is 19.1 Å². The molecule has 0 saturated carbocycles. The van der Waals surface area contributed by atoms with Crippen LogP contribution in [0, 0.1) is 11.8 Å². The van der Waals surface area contributed by atoms with Crippen LogP contribution in [0.4, 0.5) is 0 Å². The first-order valence-electron chi connectivity index (χ1n) is 13.3. The Morgan fingerprint density at radius 3 is 2.64 bits per heavy atom. The number of nitrogens with zero attached hydrogens (tertiary/aromatic N) is 2. The van der Waals surface area contributed by atoms with Gasteiger partial charge in [0.15, 0.2) is 0 Å². The molecule has 6 heteroatoms. The highest BCUT2D eigenvalue weighted by atomic mass is 16.5. The van der Waals surface area contributed by atoms with Crippen LogP contribution in [-0.4, -0.2) is 41.0 Å². The summed E-state index contributed by atoms with van der Waals surface area (Å²) >= 11 is 0. The Labute approximate surface area is 227 Å². The molecule has 2 unspecified atom stereocenters. The predicted molar refractivity (Wildman–Crippen MR) is 151 cm³/mol. The molecule has 0 amide bonds. The topological polar surface area (TPSA) is 68.7 Å². The number of aromatic nitrogens is 1. The highest BCUT2D eigenvalue weighted by Gasteiger charge is 2.44. The van der Waals surface area contributed by atoms with Crippen LogP contribution >= 0.6 is 0 Å². The van der Waals surface area contributed by atoms with Gasteiger partial charge in [-0.3, -0.25) is 9.88 Å². The third-order valence-electron chi connectivity index (χ3n) is 8.16. The maximum absolute atomic E-state index is 13.7. The van der Waals surface area contributed by atoms with Crippen LogP contribution in [-0.2, 0) is 9.53 Å². The molecule has 1 aromatic heterocycles. The van der Waals surface area contributed by atoms with E-state index >= 15 is 0 Å². The maximum Gasteiger partial charge on any atom is 0.338 e. The van der Waals surface area contributed by atoms with Gasteiger partial charge in [-0.2, -0.15) is 0 Å². The number of esters is 2. The molecule has 6 nitrogen and oxygen atoms in total. The monoisotopic (exact) mass is 518 g/mol. The lowest BCUT2D eigenvalue weighted by atomic mass is 9.73. The second kappa shape index (κ2) is 10.5. The summed E-state index contributed by atoms with van der Waals surface area (Å²) < 4.78 is 11.6. The zero-order chi connectivity index (χ0) is 26.9. The van der Waals surface area contributed by atoms with Crippen molar-refractivity contribution in [3.05, 3.63) is 109 Å². The van der Waals surface area contributed by atoms with E-state index in [2.05, 4.69) is 29.1 Å². The van der Waals surface area contributed by atoms with Gasteiger partial charge in [0.05, 0.1) is 17.1 Å². The van der Waals surface area contributed by atoms with Crippen molar-refractivity contribution in [1.29, 1.82) is 0 Å². The molecule has 2 bridgehead atoms. The van der Waals surface area contributed by atoms with E-state index in [1.807, 2.05) is 48.5 Å². The minimum atomic E-state index is -0.518. The van der Waals surface area contributed by atoms with Gasteiger partial charge in [-0.25, -0.2) is 9.59 Å². The van der Waals surface area contributed by atoms with Gasteiger partial charge in [-0.15, -0.1) is 6.58 Å². The predicted octanol–water partition coefficient (Wildman–Crippen LogP) is 6.27. The van der Waals surface area contributed by atoms with Gasteiger partial charge in [0.25, 0.3) is 0 Å².